The third-order valence-corrected chi connectivity index (χ3v) is 4.24. The van der Waals surface area contributed by atoms with Gasteiger partial charge in [0.2, 0.25) is 0 Å². The zero-order valence-corrected chi connectivity index (χ0v) is 12.6. The van der Waals surface area contributed by atoms with E-state index >= 15 is 0 Å². The highest BCUT2D eigenvalue weighted by Crippen LogP contribution is 2.35. The molecule has 1 nitrogen and oxygen atoms in total. The van der Waals surface area contributed by atoms with Gasteiger partial charge in [-0.15, -0.1) is 0 Å². The molecule has 1 atom stereocenters. The van der Waals surface area contributed by atoms with Crippen LogP contribution in [-0.4, -0.2) is 6.54 Å². The lowest BCUT2D eigenvalue weighted by atomic mass is 9.75. The Labute approximate surface area is 114 Å². The fraction of sp³-hybridized carbons (Fsp3) is 0.647. The van der Waals surface area contributed by atoms with Crippen LogP contribution in [0.25, 0.3) is 0 Å². The fourth-order valence-corrected chi connectivity index (χ4v) is 2.07. The van der Waals surface area contributed by atoms with Crippen molar-refractivity contribution in [2.75, 3.05) is 6.54 Å². The normalized spacial score (nSPS) is 14.3. The zero-order valence-electron chi connectivity index (χ0n) is 12.6. The Balaban J connectivity index is 4.46. The molecule has 0 aromatic carbocycles. The van der Waals surface area contributed by atoms with Gasteiger partial charge in [0, 0.05) is 0 Å². The van der Waals surface area contributed by atoms with E-state index in [-0.39, 0.29) is 5.41 Å². The lowest BCUT2D eigenvalue weighted by Crippen LogP contribution is -2.30. The molecule has 0 rings (SSSR count). The van der Waals surface area contributed by atoms with E-state index in [4.69, 9.17) is 5.73 Å². The molecule has 0 saturated carbocycles. The quantitative estimate of drug-likeness (QED) is 0.434. The van der Waals surface area contributed by atoms with E-state index in [0.29, 0.717) is 5.92 Å². The van der Waals surface area contributed by atoms with E-state index in [1.54, 1.807) is 0 Å². The van der Waals surface area contributed by atoms with E-state index in [9.17, 15) is 0 Å². The highest BCUT2D eigenvalue weighted by Gasteiger charge is 2.26. The van der Waals surface area contributed by atoms with Crippen LogP contribution in [0.5, 0.6) is 0 Å². The van der Waals surface area contributed by atoms with Gasteiger partial charge in [0.15, 0.2) is 0 Å². The van der Waals surface area contributed by atoms with Crippen molar-refractivity contribution < 1.29 is 0 Å². The van der Waals surface area contributed by atoms with Crippen LogP contribution >= 0.6 is 0 Å². The first kappa shape index (κ1) is 17.2. The minimum atomic E-state index is 0.240. The van der Waals surface area contributed by atoms with Crippen LogP contribution in [0.1, 0.15) is 52.9 Å². The highest BCUT2D eigenvalue weighted by molar-refractivity contribution is 5.11. The van der Waals surface area contributed by atoms with Crippen LogP contribution < -0.4 is 5.73 Å². The molecule has 0 heterocycles. The topological polar surface area (TPSA) is 26.0 Å². The SMILES string of the molecule is C=CC(=C)CCC(CC)(CN)CCC(=C)C(C)C. The molecule has 1 unspecified atom stereocenters. The van der Waals surface area contributed by atoms with Gasteiger partial charge >= 0.3 is 0 Å². The first-order chi connectivity index (χ1) is 8.40. The Kier molecular flexibility index (Phi) is 7.93. The number of nitrogens with two attached hydrogens (primary N) is 1. The Bertz CT molecular complexity index is 282. The molecule has 1 heteroatoms. The number of hydrogen-bond donors (Lipinski definition) is 1. The van der Waals surface area contributed by atoms with Crippen LogP contribution in [-0.2, 0) is 0 Å². The Morgan fingerprint density at radius 1 is 1.22 bits per heavy atom. The van der Waals surface area contributed by atoms with Crippen LogP contribution in [0.2, 0.25) is 0 Å². The summed E-state index contributed by atoms with van der Waals surface area (Å²) in [5.41, 5.74) is 8.71. The number of allylic oxidation sites excluding steroid dienone is 3. The van der Waals surface area contributed by atoms with Crippen molar-refractivity contribution in [3.63, 3.8) is 0 Å². The first-order valence-corrected chi connectivity index (χ1v) is 7.08. The molecule has 0 radical (unpaired) electrons. The van der Waals surface area contributed by atoms with Crippen molar-refractivity contribution in [3.05, 3.63) is 37.0 Å². The Hall–Kier alpha value is -0.820. The maximum absolute atomic E-state index is 6.02. The van der Waals surface area contributed by atoms with Crippen molar-refractivity contribution in [3.8, 4) is 0 Å². The van der Waals surface area contributed by atoms with Gasteiger partial charge in [0.25, 0.3) is 0 Å². The van der Waals surface area contributed by atoms with Crippen LogP contribution in [0.4, 0.5) is 0 Å². The molecule has 0 spiro atoms. The summed E-state index contributed by atoms with van der Waals surface area (Å²) in [6.07, 6.45) is 7.31. The summed E-state index contributed by atoms with van der Waals surface area (Å²) in [5, 5.41) is 0. The largest absolute Gasteiger partial charge is 0.330 e. The predicted octanol–water partition coefficient (Wildman–Crippen LogP) is 4.86. The first-order valence-electron chi connectivity index (χ1n) is 7.08. The molecule has 0 amide bonds. The number of rotatable bonds is 10. The summed E-state index contributed by atoms with van der Waals surface area (Å²) in [4.78, 5) is 0. The van der Waals surface area contributed by atoms with Crippen molar-refractivity contribution in [1.82, 2.24) is 0 Å². The molecular formula is C17H31N. The van der Waals surface area contributed by atoms with Gasteiger partial charge in [-0.2, -0.15) is 0 Å². The van der Waals surface area contributed by atoms with E-state index in [2.05, 4.69) is 40.5 Å². The molecule has 0 bridgehead atoms. The molecule has 0 aromatic heterocycles. The van der Waals surface area contributed by atoms with Gasteiger partial charge < -0.3 is 5.73 Å². The molecule has 104 valence electrons. The van der Waals surface area contributed by atoms with Gasteiger partial charge in [0.05, 0.1) is 0 Å². The summed E-state index contributed by atoms with van der Waals surface area (Å²) < 4.78 is 0. The number of hydrogen-bond acceptors (Lipinski definition) is 1. The van der Waals surface area contributed by atoms with Gasteiger partial charge in [-0.1, -0.05) is 57.7 Å². The predicted molar refractivity (Wildman–Crippen MR) is 83.6 cm³/mol. The fourth-order valence-electron chi connectivity index (χ4n) is 2.07. The smallest absolute Gasteiger partial charge is 0.00204 e. The molecule has 0 aliphatic rings. The van der Waals surface area contributed by atoms with Gasteiger partial charge in [-0.3, -0.25) is 0 Å². The molecular weight excluding hydrogens is 218 g/mol. The van der Waals surface area contributed by atoms with Gasteiger partial charge in [0.1, 0.15) is 0 Å². The van der Waals surface area contributed by atoms with Crippen LogP contribution in [0.15, 0.2) is 37.0 Å². The van der Waals surface area contributed by atoms with E-state index in [1.807, 2.05) is 6.08 Å². The van der Waals surface area contributed by atoms with Crippen LogP contribution in [0.3, 0.4) is 0 Å². The second-order valence-corrected chi connectivity index (χ2v) is 5.73. The second kappa shape index (κ2) is 8.31. The summed E-state index contributed by atoms with van der Waals surface area (Å²) in [7, 11) is 0. The molecule has 0 saturated heterocycles. The summed E-state index contributed by atoms with van der Waals surface area (Å²) in [6, 6.07) is 0. The Morgan fingerprint density at radius 3 is 2.17 bits per heavy atom. The Morgan fingerprint density at radius 2 is 1.78 bits per heavy atom. The summed E-state index contributed by atoms with van der Waals surface area (Å²) in [6.45, 7) is 19.3. The van der Waals surface area contributed by atoms with Crippen molar-refractivity contribution in [1.29, 1.82) is 0 Å². The lowest BCUT2D eigenvalue weighted by molar-refractivity contribution is 0.238. The molecule has 2 N–H and O–H groups in total. The molecule has 0 fully saturated rings. The average Bonchev–Trinajstić information content (AvgIpc) is 2.38. The average molecular weight is 249 g/mol. The molecule has 0 aliphatic heterocycles. The van der Waals surface area contributed by atoms with Gasteiger partial charge in [-0.05, 0) is 50.0 Å². The maximum atomic E-state index is 6.02. The minimum absolute atomic E-state index is 0.240. The van der Waals surface area contributed by atoms with Crippen molar-refractivity contribution in [2.45, 2.75) is 52.9 Å². The third-order valence-electron chi connectivity index (χ3n) is 4.24. The maximum Gasteiger partial charge on any atom is -0.00204 e. The van der Waals surface area contributed by atoms with E-state index < -0.39 is 0 Å². The van der Waals surface area contributed by atoms with E-state index in [1.165, 1.54) is 5.57 Å². The lowest BCUT2D eigenvalue weighted by Gasteiger charge is -2.32. The zero-order chi connectivity index (χ0) is 14.2. The molecule has 0 aromatic rings. The van der Waals surface area contributed by atoms with Crippen molar-refractivity contribution in [2.24, 2.45) is 17.1 Å². The monoisotopic (exact) mass is 249 g/mol. The van der Waals surface area contributed by atoms with Gasteiger partial charge in [-0.25, -0.2) is 0 Å². The van der Waals surface area contributed by atoms with E-state index in [0.717, 1.165) is 44.2 Å². The van der Waals surface area contributed by atoms with Crippen molar-refractivity contribution >= 4 is 0 Å². The third kappa shape index (κ3) is 5.68. The minimum Gasteiger partial charge on any atom is -0.330 e. The standard InChI is InChI=1S/C17H31N/c1-7-15(5)9-11-17(8-2,13-18)12-10-16(6)14(3)4/h7,14H,1,5-6,8-13,18H2,2-4H3. The summed E-state index contributed by atoms with van der Waals surface area (Å²) in [5.74, 6) is 0.570. The summed E-state index contributed by atoms with van der Waals surface area (Å²) >= 11 is 0. The molecule has 0 aliphatic carbocycles. The van der Waals surface area contributed by atoms with Crippen LogP contribution in [0, 0.1) is 11.3 Å². The highest BCUT2D eigenvalue weighted by atomic mass is 14.6. The molecule has 18 heavy (non-hydrogen) atoms. The second-order valence-electron chi connectivity index (χ2n) is 5.73.